The van der Waals surface area contributed by atoms with Gasteiger partial charge >= 0.3 is 0 Å². The van der Waals surface area contributed by atoms with Gasteiger partial charge in [-0.25, -0.2) is 8.42 Å². The number of rotatable bonds is 5. The first kappa shape index (κ1) is 17.7. The number of sulfonamides is 1. The van der Waals surface area contributed by atoms with E-state index >= 15 is 0 Å². The number of hydrogen-bond acceptors (Lipinski definition) is 4. The Kier molecular flexibility index (Phi) is 5.53. The standard InChI is InChI=1S/C14H24N4O2S.ClH/c1-11-14(10-16-17(11)2)21(19,20)18-7-5-13(6-8-18)15-9-12-3-4-12;/h10,12-13,15H,3-9H2,1-2H3;1H. The predicted molar refractivity (Wildman–Crippen MR) is 87.7 cm³/mol. The van der Waals surface area contributed by atoms with E-state index in [0.29, 0.717) is 29.7 Å². The van der Waals surface area contributed by atoms with Gasteiger partial charge in [0.2, 0.25) is 10.0 Å². The molecule has 2 fully saturated rings. The molecule has 1 saturated heterocycles. The van der Waals surface area contributed by atoms with Gasteiger partial charge < -0.3 is 5.32 Å². The second kappa shape index (κ2) is 6.86. The van der Waals surface area contributed by atoms with Crippen LogP contribution >= 0.6 is 12.4 Å². The number of piperidine rings is 1. The fraction of sp³-hybridized carbons (Fsp3) is 0.786. The lowest BCUT2D eigenvalue weighted by Crippen LogP contribution is -2.45. The van der Waals surface area contributed by atoms with E-state index in [1.807, 2.05) is 0 Å². The maximum Gasteiger partial charge on any atom is 0.246 e. The van der Waals surface area contributed by atoms with E-state index in [0.717, 1.165) is 25.3 Å². The van der Waals surface area contributed by atoms with Gasteiger partial charge in [0, 0.05) is 26.2 Å². The van der Waals surface area contributed by atoms with E-state index in [-0.39, 0.29) is 12.4 Å². The third kappa shape index (κ3) is 3.64. The van der Waals surface area contributed by atoms with E-state index in [4.69, 9.17) is 0 Å². The van der Waals surface area contributed by atoms with Crippen molar-refractivity contribution in [1.29, 1.82) is 0 Å². The normalized spacial score (nSPS) is 20.8. The van der Waals surface area contributed by atoms with Crippen molar-refractivity contribution < 1.29 is 8.42 Å². The fourth-order valence-electron chi connectivity index (χ4n) is 2.83. The third-order valence-corrected chi connectivity index (χ3v) is 6.66. The third-order valence-electron chi connectivity index (χ3n) is 4.65. The summed E-state index contributed by atoms with van der Waals surface area (Å²) in [7, 11) is -1.63. The summed E-state index contributed by atoms with van der Waals surface area (Å²) in [5, 5.41) is 7.62. The van der Waals surface area contributed by atoms with Gasteiger partial charge in [-0.15, -0.1) is 12.4 Å². The van der Waals surface area contributed by atoms with E-state index in [1.54, 1.807) is 23.0 Å². The van der Waals surface area contributed by atoms with Gasteiger partial charge in [-0.2, -0.15) is 9.40 Å². The van der Waals surface area contributed by atoms with Crippen LogP contribution in [0.4, 0.5) is 0 Å². The molecule has 8 heteroatoms. The molecule has 0 spiro atoms. The lowest BCUT2D eigenvalue weighted by molar-refractivity contribution is 0.288. The van der Waals surface area contributed by atoms with Crippen molar-refractivity contribution in [3.8, 4) is 0 Å². The lowest BCUT2D eigenvalue weighted by atomic mass is 10.1. The molecule has 0 aromatic carbocycles. The molecular formula is C14H25ClN4O2S. The quantitative estimate of drug-likeness (QED) is 0.871. The second-order valence-corrected chi connectivity index (χ2v) is 8.15. The van der Waals surface area contributed by atoms with Crippen LogP contribution in [-0.2, 0) is 17.1 Å². The summed E-state index contributed by atoms with van der Waals surface area (Å²) in [6.07, 6.45) is 5.94. The minimum atomic E-state index is -3.39. The first-order valence-corrected chi connectivity index (χ1v) is 9.14. The number of nitrogens with one attached hydrogen (secondary N) is 1. The van der Waals surface area contributed by atoms with Gasteiger partial charge in [0.05, 0.1) is 11.9 Å². The fourth-order valence-corrected chi connectivity index (χ4v) is 4.48. The molecule has 1 aliphatic heterocycles. The van der Waals surface area contributed by atoms with Gasteiger partial charge in [0.15, 0.2) is 0 Å². The van der Waals surface area contributed by atoms with E-state index in [2.05, 4.69) is 10.4 Å². The van der Waals surface area contributed by atoms with Crippen molar-refractivity contribution in [1.82, 2.24) is 19.4 Å². The zero-order chi connectivity index (χ0) is 15.0. The van der Waals surface area contributed by atoms with Crippen molar-refractivity contribution in [2.75, 3.05) is 19.6 Å². The SMILES string of the molecule is Cc1c(S(=O)(=O)N2CCC(NCC3CC3)CC2)cnn1C.Cl. The van der Waals surface area contributed by atoms with E-state index < -0.39 is 10.0 Å². The van der Waals surface area contributed by atoms with Gasteiger partial charge in [-0.1, -0.05) is 0 Å². The molecule has 2 aliphatic rings. The van der Waals surface area contributed by atoms with Gasteiger partial charge in [-0.3, -0.25) is 4.68 Å². The molecule has 6 nitrogen and oxygen atoms in total. The van der Waals surface area contributed by atoms with Crippen LogP contribution in [0.5, 0.6) is 0 Å². The number of aromatic nitrogens is 2. The Labute approximate surface area is 138 Å². The van der Waals surface area contributed by atoms with Crippen LogP contribution in [0.2, 0.25) is 0 Å². The lowest BCUT2D eigenvalue weighted by Gasteiger charge is -2.31. The highest BCUT2D eigenvalue weighted by molar-refractivity contribution is 7.89. The molecule has 1 aromatic rings. The molecule has 0 bridgehead atoms. The highest BCUT2D eigenvalue weighted by atomic mass is 35.5. The maximum absolute atomic E-state index is 12.7. The molecule has 1 saturated carbocycles. The van der Waals surface area contributed by atoms with Crippen LogP contribution in [0.15, 0.2) is 11.1 Å². The summed E-state index contributed by atoms with van der Waals surface area (Å²) in [4.78, 5) is 0.342. The Morgan fingerprint density at radius 3 is 2.41 bits per heavy atom. The van der Waals surface area contributed by atoms with Crippen molar-refractivity contribution >= 4 is 22.4 Å². The Bertz CT molecular complexity index is 604. The first-order valence-electron chi connectivity index (χ1n) is 7.70. The zero-order valence-electron chi connectivity index (χ0n) is 13.2. The zero-order valence-corrected chi connectivity index (χ0v) is 14.8. The molecule has 2 heterocycles. The summed E-state index contributed by atoms with van der Waals surface area (Å²) in [6, 6.07) is 0.465. The Morgan fingerprint density at radius 2 is 1.91 bits per heavy atom. The number of nitrogens with zero attached hydrogens (tertiary/aromatic N) is 3. The van der Waals surface area contributed by atoms with Crippen LogP contribution in [0.1, 0.15) is 31.4 Å². The van der Waals surface area contributed by atoms with Crippen LogP contribution in [0.25, 0.3) is 0 Å². The smallest absolute Gasteiger partial charge is 0.246 e. The van der Waals surface area contributed by atoms with Gasteiger partial charge in [-0.05, 0) is 45.1 Å². The maximum atomic E-state index is 12.7. The summed E-state index contributed by atoms with van der Waals surface area (Å²) in [5.41, 5.74) is 0.698. The molecular weight excluding hydrogens is 324 g/mol. The van der Waals surface area contributed by atoms with E-state index in [9.17, 15) is 8.42 Å². The predicted octanol–water partition coefficient (Wildman–Crippen LogP) is 1.30. The molecule has 1 N–H and O–H groups in total. The number of hydrogen-bond donors (Lipinski definition) is 1. The van der Waals surface area contributed by atoms with Crippen molar-refractivity contribution in [2.24, 2.45) is 13.0 Å². The molecule has 126 valence electrons. The highest BCUT2D eigenvalue weighted by Crippen LogP contribution is 2.28. The average Bonchev–Trinajstić information content (AvgIpc) is 3.23. The minimum absolute atomic E-state index is 0. The van der Waals surface area contributed by atoms with Crippen molar-refractivity contribution in [2.45, 2.75) is 43.5 Å². The molecule has 0 unspecified atom stereocenters. The molecule has 0 radical (unpaired) electrons. The van der Waals surface area contributed by atoms with Crippen molar-refractivity contribution in [3.05, 3.63) is 11.9 Å². The summed E-state index contributed by atoms with van der Waals surface area (Å²) in [6.45, 7) is 4.08. The monoisotopic (exact) mass is 348 g/mol. The Morgan fingerprint density at radius 1 is 1.27 bits per heavy atom. The molecule has 0 amide bonds. The minimum Gasteiger partial charge on any atom is -0.314 e. The summed E-state index contributed by atoms with van der Waals surface area (Å²) < 4.78 is 28.5. The highest BCUT2D eigenvalue weighted by Gasteiger charge is 2.32. The average molecular weight is 349 g/mol. The number of aryl methyl sites for hydroxylation is 1. The molecule has 0 atom stereocenters. The Balaban J connectivity index is 0.00000176. The largest absolute Gasteiger partial charge is 0.314 e. The van der Waals surface area contributed by atoms with Crippen molar-refractivity contribution in [3.63, 3.8) is 0 Å². The molecule has 3 rings (SSSR count). The summed E-state index contributed by atoms with van der Waals surface area (Å²) in [5.74, 6) is 0.866. The van der Waals surface area contributed by atoms with Gasteiger partial charge in [0.25, 0.3) is 0 Å². The van der Waals surface area contributed by atoms with Gasteiger partial charge in [0.1, 0.15) is 4.90 Å². The molecule has 1 aliphatic carbocycles. The summed E-state index contributed by atoms with van der Waals surface area (Å²) >= 11 is 0. The number of halogens is 1. The topological polar surface area (TPSA) is 67.2 Å². The van der Waals surface area contributed by atoms with E-state index in [1.165, 1.54) is 19.0 Å². The Hall–Kier alpha value is -0.630. The molecule has 1 aromatic heterocycles. The van der Waals surface area contributed by atoms with Crippen LogP contribution < -0.4 is 5.32 Å². The molecule has 22 heavy (non-hydrogen) atoms. The van der Waals surface area contributed by atoms with Crippen LogP contribution in [0, 0.1) is 12.8 Å². The first-order chi connectivity index (χ1) is 9.98. The van der Waals surface area contributed by atoms with Crippen LogP contribution in [0.3, 0.4) is 0 Å². The van der Waals surface area contributed by atoms with Crippen LogP contribution in [-0.4, -0.2) is 48.2 Å². The second-order valence-electron chi connectivity index (χ2n) is 6.25.